The number of anilines is 3. The molecule has 0 unspecified atom stereocenters. The van der Waals surface area contributed by atoms with Gasteiger partial charge in [0.15, 0.2) is 0 Å². The molecule has 0 spiro atoms. The van der Waals surface area contributed by atoms with Gasteiger partial charge in [0, 0.05) is 42.5 Å². The quantitative estimate of drug-likeness (QED) is 0.144. The summed E-state index contributed by atoms with van der Waals surface area (Å²) in [7, 11) is 0. The largest absolute Gasteiger partial charge is 2.00 e. The Balaban J connectivity index is 0.00000397. The third kappa shape index (κ3) is 6.39. The molecule has 10 rings (SSSR count). The van der Waals surface area contributed by atoms with Gasteiger partial charge in [-0.25, -0.2) is 11.1 Å². The fourth-order valence-electron chi connectivity index (χ4n) is 7.86. The molecule has 256 valence electrons. The molecule has 0 atom stereocenters. The minimum absolute atomic E-state index is 0. The molecular weight excluding hydrogens is 909 g/mol. The Labute approximate surface area is 349 Å². The molecule has 0 amide bonds. The fraction of sp³-hybridized carbons (Fsp3) is 0. The van der Waals surface area contributed by atoms with Gasteiger partial charge in [-0.3, -0.25) is 0 Å². The van der Waals surface area contributed by atoms with Crippen LogP contribution >= 0.6 is 11.3 Å². The van der Waals surface area contributed by atoms with Crippen LogP contribution in [0.4, 0.5) is 17.1 Å². The molecule has 0 bridgehead atoms. The van der Waals surface area contributed by atoms with E-state index in [4.69, 9.17) is 0 Å². The Morgan fingerprint density at radius 3 is 1.84 bits per heavy atom. The van der Waals surface area contributed by atoms with Gasteiger partial charge in [0.1, 0.15) is 0 Å². The molecule has 9 aromatic carbocycles. The number of fused-ring (bicyclic) bond motifs is 4. The molecule has 10 aromatic rings. The maximum absolute atomic E-state index is 3.60. The zero-order chi connectivity index (χ0) is 35.8. The normalized spacial score (nSPS) is 11.1. The minimum atomic E-state index is 0. The van der Waals surface area contributed by atoms with Crippen LogP contribution in [0.5, 0.6) is 0 Å². The van der Waals surface area contributed by atoms with Gasteiger partial charge in [0.25, 0.3) is 0 Å². The second-order valence-electron chi connectivity index (χ2n) is 13.5. The van der Waals surface area contributed by atoms with Crippen LogP contribution in [-0.4, -0.2) is 0 Å². The summed E-state index contributed by atoms with van der Waals surface area (Å²) in [6.45, 7) is 0. The van der Waals surface area contributed by atoms with Crippen LogP contribution in [-0.2, 0) is 0 Å². The van der Waals surface area contributed by atoms with Crippen molar-refractivity contribution in [2.24, 2.45) is 0 Å². The van der Waals surface area contributed by atoms with Gasteiger partial charge in [-0.1, -0.05) is 139 Å². The Morgan fingerprint density at radius 1 is 0.400 bits per heavy atom. The maximum Gasteiger partial charge on any atom is 2.00 e. The van der Waals surface area contributed by atoms with Gasteiger partial charge in [-0.05, 0) is 57.5 Å². The Hall–Kier alpha value is -5.69. The van der Waals surface area contributed by atoms with Gasteiger partial charge in [-0.15, -0.1) is 29.5 Å². The van der Waals surface area contributed by atoms with Gasteiger partial charge in [0.2, 0.25) is 0 Å². The molecule has 0 fully saturated rings. The van der Waals surface area contributed by atoms with Gasteiger partial charge < -0.3 is 4.90 Å². The first-order valence-electron chi connectivity index (χ1n) is 18.3. The number of benzene rings is 9. The summed E-state index contributed by atoms with van der Waals surface area (Å²) in [5.41, 5.74) is 12.4. The molecule has 0 saturated heterocycles. The van der Waals surface area contributed by atoms with Gasteiger partial charge >= 0.3 is 31.1 Å². The SMILES string of the molecule is [U+2].[c-]1ccccc1-c1[c-]cccc1N(c1ccc(-c2cccc3c2sc2ccccc23)c(-c2ccccc2)c1)c1ccc(-c2ccccc2)c2ccccc12. The summed E-state index contributed by atoms with van der Waals surface area (Å²) in [5.74, 6) is 0. The summed E-state index contributed by atoms with van der Waals surface area (Å²) in [6.07, 6.45) is 0. The second kappa shape index (κ2) is 15.2. The molecule has 0 saturated carbocycles. The summed E-state index contributed by atoms with van der Waals surface area (Å²) < 4.78 is 2.61. The van der Waals surface area contributed by atoms with E-state index in [0.717, 1.165) is 28.2 Å². The van der Waals surface area contributed by atoms with E-state index >= 15 is 0 Å². The third-order valence-electron chi connectivity index (χ3n) is 10.3. The smallest absolute Gasteiger partial charge is 0.360 e. The monoisotopic (exact) mass is 941 g/mol. The standard InChI is InChI=1S/C52H33NS.U/c1-4-17-36(18-5-1)40-33-34-50(44-25-11-10-24-42(40)44)53(49-29-14-12-23-41(49)37-19-6-2-7-20-37)39-31-32-43(48(35-39)38-21-8-3-9-22-38)46-27-16-28-47-45-26-13-15-30-51(45)54-52(46)47;/h1-19,21-22,24-35H;/q-2;+2. The molecular formula is C52H33NSU. The zero-order valence-electron chi connectivity index (χ0n) is 29.9. The fourth-order valence-corrected chi connectivity index (χ4v) is 9.09. The molecule has 1 aromatic heterocycles. The number of thiophene rings is 1. The molecule has 0 aliphatic carbocycles. The van der Waals surface area contributed by atoms with E-state index in [0.29, 0.717) is 0 Å². The first-order chi connectivity index (χ1) is 26.8. The first-order valence-corrected chi connectivity index (χ1v) is 19.1. The molecule has 0 aliphatic rings. The molecule has 1 heterocycles. The summed E-state index contributed by atoms with van der Waals surface area (Å²) in [6, 6.07) is 78.9. The molecule has 1 nitrogen and oxygen atoms in total. The predicted octanol–water partition coefficient (Wildman–Crippen LogP) is 14.9. The van der Waals surface area contributed by atoms with E-state index < -0.39 is 0 Å². The molecule has 55 heavy (non-hydrogen) atoms. The first kappa shape index (κ1) is 35.0. The summed E-state index contributed by atoms with van der Waals surface area (Å²) in [5, 5.41) is 4.98. The Bertz CT molecular complexity index is 2930. The number of hydrogen-bond donors (Lipinski definition) is 0. The topological polar surface area (TPSA) is 3.24 Å². The molecule has 0 aliphatic heterocycles. The van der Waals surface area contributed by atoms with Crippen molar-refractivity contribution in [3.8, 4) is 44.5 Å². The third-order valence-corrected chi connectivity index (χ3v) is 11.5. The van der Waals surface area contributed by atoms with E-state index in [1.165, 1.54) is 64.3 Å². The van der Waals surface area contributed by atoms with Crippen LogP contribution in [0.15, 0.2) is 200 Å². The number of hydrogen-bond acceptors (Lipinski definition) is 2. The van der Waals surface area contributed by atoms with Crippen molar-refractivity contribution in [3.05, 3.63) is 212 Å². The second-order valence-corrected chi connectivity index (χ2v) is 14.5. The van der Waals surface area contributed by atoms with Crippen LogP contribution in [0, 0.1) is 43.2 Å². The summed E-state index contributed by atoms with van der Waals surface area (Å²) in [4.78, 5) is 2.42. The van der Waals surface area contributed by atoms with E-state index in [1.807, 2.05) is 29.5 Å². The number of nitrogens with zero attached hydrogens (tertiary/aromatic N) is 1. The average Bonchev–Trinajstić information content (AvgIpc) is 3.64. The Morgan fingerprint density at radius 2 is 1.05 bits per heavy atom. The maximum atomic E-state index is 3.60. The predicted molar refractivity (Wildman–Crippen MR) is 231 cm³/mol. The molecule has 0 N–H and O–H groups in total. The van der Waals surface area contributed by atoms with Crippen LogP contribution in [0.1, 0.15) is 0 Å². The number of rotatable bonds is 7. The van der Waals surface area contributed by atoms with E-state index in [-0.39, 0.29) is 31.1 Å². The van der Waals surface area contributed by atoms with E-state index in [9.17, 15) is 0 Å². The zero-order valence-corrected chi connectivity index (χ0v) is 34.9. The Kier molecular flexibility index (Phi) is 9.69. The van der Waals surface area contributed by atoms with Crippen LogP contribution in [0.2, 0.25) is 0 Å². The van der Waals surface area contributed by atoms with Crippen molar-refractivity contribution in [2.45, 2.75) is 0 Å². The van der Waals surface area contributed by atoms with Crippen molar-refractivity contribution in [3.63, 3.8) is 0 Å². The average molecular weight is 942 g/mol. The van der Waals surface area contributed by atoms with Crippen molar-refractivity contribution in [2.75, 3.05) is 4.90 Å². The van der Waals surface area contributed by atoms with Crippen molar-refractivity contribution in [1.29, 1.82) is 0 Å². The van der Waals surface area contributed by atoms with Crippen molar-refractivity contribution in [1.82, 2.24) is 0 Å². The van der Waals surface area contributed by atoms with Crippen molar-refractivity contribution < 1.29 is 31.1 Å². The summed E-state index contributed by atoms with van der Waals surface area (Å²) >= 11 is 1.87. The minimum Gasteiger partial charge on any atom is -0.360 e. The van der Waals surface area contributed by atoms with Crippen LogP contribution in [0.3, 0.4) is 0 Å². The van der Waals surface area contributed by atoms with Crippen LogP contribution in [0.25, 0.3) is 75.5 Å². The molecule has 0 radical (unpaired) electrons. The van der Waals surface area contributed by atoms with E-state index in [2.05, 4.69) is 199 Å². The van der Waals surface area contributed by atoms with Gasteiger partial charge in [0.05, 0.1) is 0 Å². The van der Waals surface area contributed by atoms with E-state index in [1.54, 1.807) is 0 Å². The molecule has 3 heteroatoms. The van der Waals surface area contributed by atoms with Crippen LogP contribution < -0.4 is 4.90 Å². The van der Waals surface area contributed by atoms with Crippen molar-refractivity contribution >= 4 is 59.3 Å². The van der Waals surface area contributed by atoms with Gasteiger partial charge in [-0.2, -0.15) is 36.4 Å².